The highest BCUT2D eigenvalue weighted by molar-refractivity contribution is 5.47. The summed E-state index contributed by atoms with van der Waals surface area (Å²) in [5.41, 5.74) is 6.97. The van der Waals surface area contributed by atoms with Crippen molar-refractivity contribution in [2.24, 2.45) is 11.7 Å². The van der Waals surface area contributed by atoms with Crippen LogP contribution in [-0.2, 0) is 6.42 Å². The molecule has 0 radical (unpaired) electrons. The lowest BCUT2D eigenvalue weighted by molar-refractivity contribution is 0.284. The lowest BCUT2D eigenvalue weighted by atomic mass is 9.96. The van der Waals surface area contributed by atoms with Gasteiger partial charge in [-0.05, 0) is 57.5 Å². The SMILES string of the molecule is CN(C)CC1CCN(c2ncccc2CCN)CC1. The van der Waals surface area contributed by atoms with Crippen LogP contribution in [0.15, 0.2) is 18.3 Å². The Morgan fingerprint density at radius 3 is 2.74 bits per heavy atom. The lowest BCUT2D eigenvalue weighted by Crippen LogP contribution is -2.38. The molecular weight excluding hydrogens is 236 g/mol. The van der Waals surface area contributed by atoms with E-state index in [9.17, 15) is 0 Å². The molecular formula is C15H26N4. The van der Waals surface area contributed by atoms with E-state index in [1.54, 1.807) is 0 Å². The minimum Gasteiger partial charge on any atom is -0.356 e. The average molecular weight is 262 g/mol. The molecule has 19 heavy (non-hydrogen) atoms. The topological polar surface area (TPSA) is 45.4 Å². The first kappa shape index (κ1) is 14.3. The predicted octanol–water partition coefficient (Wildman–Crippen LogP) is 1.36. The van der Waals surface area contributed by atoms with Crippen LogP contribution in [0.1, 0.15) is 18.4 Å². The van der Waals surface area contributed by atoms with Gasteiger partial charge in [0.15, 0.2) is 0 Å². The molecule has 0 unspecified atom stereocenters. The van der Waals surface area contributed by atoms with Crippen molar-refractivity contribution in [2.45, 2.75) is 19.3 Å². The second-order valence-electron chi connectivity index (χ2n) is 5.72. The molecule has 1 aliphatic heterocycles. The first-order valence-electron chi connectivity index (χ1n) is 7.24. The van der Waals surface area contributed by atoms with Crippen LogP contribution in [0.5, 0.6) is 0 Å². The Morgan fingerprint density at radius 2 is 2.11 bits per heavy atom. The molecule has 0 saturated carbocycles. The highest BCUT2D eigenvalue weighted by Crippen LogP contribution is 2.24. The van der Waals surface area contributed by atoms with Crippen LogP contribution in [0.3, 0.4) is 0 Å². The van der Waals surface area contributed by atoms with E-state index in [2.05, 4.69) is 34.9 Å². The van der Waals surface area contributed by atoms with E-state index in [1.807, 2.05) is 12.3 Å². The van der Waals surface area contributed by atoms with E-state index < -0.39 is 0 Å². The molecule has 1 fully saturated rings. The maximum absolute atomic E-state index is 5.68. The van der Waals surface area contributed by atoms with E-state index in [0.717, 1.165) is 31.2 Å². The largest absolute Gasteiger partial charge is 0.356 e. The number of nitrogens with zero attached hydrogens (tertiary/aromatic N) is 3. The third-order valence-electron chi connectivity index (χ3n) is 3.82. The third kappa shape index (κ3) is 3.91. The van der Waals surface area contributed by atoms with E-state index in [0.29, 0.717) is 6.54 Å². The van der Waals surface area contributed by atoms with Gasteiger partial charge in [-0.2, -0.15) is 0 Å². The number of hydrogen-bond donors (Lipinski definition) is 1. The lowest BCUT2D eigenvalue weighted by Gasteiger charge is -2.34. The van der Waals surface area contributed by atoms with Crippen LogP contribution < -0.4 is 10.6 Å². The fourth-order valence-corrected chi connectivity index (χ4v) is 2.91. The minimum atomic E-state index is 0.690. The molecule has 4 heteroatoms. The zero-order valence-electron chi connectivity index (χ0n) is 12.2. The normalized spacial score (nSPS) is 17.2. The Bertz CT molecular complexity index is 383. The summed E-state index contributed by atoms with van der Waals surface area (Å²) in [6, 6.07) is 4.16. The van der Waals surface area contributed by atoms with Crippen molar-refractivity contribution < 1.29 is 0 Å². The molecule has 1 aliphatic rings. The fourth-order valence-electron chi connectivity index (χ4n) is 2.91. The smallest absolute Gasteiger partial charge is 0.131 e. The molecule has 0 aliphatic carbocycles. The molecule has 1 aromatic heterocycles. The van der Waals surface area contributed by atoms with Gasteiger partial charge in [0.25, 0.3) is 0 Å². The standard InChI is InChI=1S/C15H26N4/c1-18(2)12-13-6-10-19(11-7-13)15-14(5-8-16)4-3-9-17-15/h3-4,9,13H,5-8,10-12,16H2,1-2H3. The number of nitrogens with two attached hydrogens (primary N) is 1. The number of hydrogen-bond acceptors (Lipinski definition) is 4. The quantitative estimate of drug-likeness (QED) is 0.870. The van der Waals surface area contributed by atoms with Crippen molar-refractivity contribution in [1.29, 1.82) is 0 Å². The van der Waals surface area contributed by atoms with Gasteiger partial charge < -0.3 is 15.5 Å². The molecule has 2 rings (SSSR count). The van der Waals surface area contributed by atoms with Crippen molar-refractivity contribution in [1.82, 2.24) is 9.88 Å². The number of piperidine rings is 1. The van der Waals surface area contributed by atoms with Gasteiger partial charge in [-0.15, -0.1) is 0 Å². The average Bonchev–Trinajstić information content (AvgIpc) is 2.40. The molecule has 1 saturated heterocycles. The van der Waals surface area contributed by atoms with Crippen LogP contribution in [0.4, 0.5) is 5.82 Å². The monoisotopic (exact) mass is 262 g/mol. The van der Waals surface area contributed by atoms with E-state index >= 15 is 0 Å². The summed E-state index contributed by atoms with van der Waals surface area (Å²) in [6.45, 7) is 4.13. The summed E-state index contributed by atoms with van der Waals surface area (Å²) in [7, 11) is 4.31. The second-order valence-corrected chi connectivity index (χ2v) is 5.72. The molecule has 2 N–H and O–H groups in total. The zero-order chi connectivity index (χ0) is 13.7. The molecule has 0 aromatic carbocycles. The molecule has 4 nitrogen and oxygen atoms in total. The van der Waals surface area contributed by atoms with Gasteiger partial charge in [0, 0.05) is 25.8 Å². The molecule has 0 spiro atoms. The maximum Gasteiger partial charge on any atom is 0.131 e. The zero-order valence-corrected chi connectivity index (χ0v) is 12.2. The summed E-state index contributed by atoms with van der Waals surface area (Å²) >= 11 is 0. The van der Waals surface area contributed by atoms with Gasteiger partial charge in [-0.25, -0.2) is 4.98 Å². The summed E-state index contributed by atoms with van der Waals surface area (Å²) in [6.07, 6.45) is 5.33. The Kier molecular flexibility index (Phi) is 5.16. The molecule has 0 atom stereocenters. The van der Waals surface area contributed by atoms with Crippen molar-refractivity contribution >= 4 is 5.82 Å². The van der Waals surface area contributed by atoms with Gasteiger partial charge in [-0.3, -0.25) is 0 Å². The third-order valence-corrected chi connectivity index (χ3v) is 3.82. The first-order chi connectivity index (χ1) is 9.20. The van der Waals surface area contributed by atoms with Crippen molar-refractivity contribution in [2.75, 3.05) is 45.2 Å². The van der Waals surface area contributed by atoms with Gasteiger partial charge in [0.1, 0.15) is 5.82 Å². The maximum atomic E-state index is 5.68. The van der Waals surface area contributed by atoms with Crippen LogP contribution in [0, 0.1) is 5.92 Å². The Hall–Kier alpha value is -1.13. The number of aromatic nitrogens is 1. The minimum absolute atomic E-state index is 0.690. The Balaban J connectivity index is 1.97. The molecule has 0 bridgehead atoms. The van der Waals surface area contributed by atoms with Crippen molar-refractivity contribution in [3.63, 3.8) is 0 Å². The first-order valence-corrected chi connectivity index (χ1v) is 7.24. The van der Waals surface area contributed by atoms with Gasteiger partial charge in [0.2, 0.25) is 0 Å². The molecule has 106 valence electrons. The Morgan fingerprint density at radius 1 is 1.37 bits per heavy atom. The fraction of sp³-hybridized carbons (Fsp3) is 0.667. The van der Waals surface area contributed by atoms with Crippen LogP contribution in [0.2, 0.25) is 0 Å². The van der Waals surface area contributed by atoms with E-state index in [4.69, 9.17) is 5.73 Å². The number of pyridine rings is 1. The highest BCUT2D eigenvalue weighted by Gasteiger charge is 2.21. The van der Waals surface area contributed by atoms with Crippen LogP contribution in [0.25, 0.3) is 0 Å². The number of anilines is 1. The van der Waals surface area contributed by atoms with Gasteiger partial charge in [0.05, 0.1) is 0 Å². The van der Waals surface area contributed by atoms with Crippen LogP contribution in [-0.4, -0.2) is 50.2 Å². The second kappa shape index (κ2) is 6.87. The van der Waals surface area contributed by atoms with Crippen molar-refractivity contribution in [3.05, 3.63) is 23.9 Å². The number of rotatable bonds is 5. The van der Waals surface area contributed by atoms with E-state index in [-0.39, 0.29) is 0 Å². The Labute approximate surface area is 116 Å². The summed E-state index contributed by atoms with van der Waals surface area (Å²) in [5.74, 6) is 1.98. The highest BCUT2D eigenvalue weighted by atomic mass is 15.2. The van der Waals surface area contributed by atoms with E-state index in [1.165, 1.54) is 24.9 Å². The predicted molar refractivity (Wildman–Crippen MR) is 80.5 cm³/mol. The van der Waals surface area contributed by atoms with Crippen LogP contribution >= 0.6 is 0 Å². The summed E-state index contributed by atoms with van der Waals surface area (Å²) in [4.78, 5) is 9.29. The molecule has 0 amide bonds. The van der Waals surface area contributed by atoms with Crippen molar-refractivity contribution in [3.8, 4) is 0 Å². The summed E-state index contributed by atoms with van der Waals surface area (Å²) in [5, 5.41) is 0. The van der Waals surface area contributed by atoms with Gasteiger partial charge in [-0.1, -0.05) is 6.07 Å². The molecule has 2 heterocycles. The summed E-state index contributed by atoms with van der Waals surface area (Å²) < 4.78 is 0. The van der Waals surface area contributed by atoms with Gasteiger partial charge >= 0.3 is 0 Å². The molecule has 1 aromatic rings.